The fraction of sp³-hybridized carbons (Fsp3) is 0.278. The summed E-state index contributed by atoms with van der Waals surface area (Å²) in [4.78, 5) is 36.2. The summed E-state index contributed by atoms with van der Waals surface area (Å²) in [5.41, 5.74) is 1.25. The van der Waals surface area contributed by atoms with Gasteiger partial charge in [0.05, 0.1) is 18.7 Å². The van der Waals surface area contributed by atoms with Crippen molar-refractivity contribution in [3.05, 3.63) is 69.6 Å². The first kappa shape index (κ1) is 19.4. The molecule has 1 aromatic carbocycles. The van der Waals surface area contributed by atoms with E-state index >= 15 is 0 Å². The summed E-state index contributed by atoms with van der Waals surface area (Å²) in [5, 5.41) is 20.5. The number of nitrogens with one attached hydrogen (secondary N) is 2. The zero-order chi connectivity index (χ0) is 19.3. The third kappa shape index (κ3) is 4.56. The third-order valence-electron chi connectivity index (χ3n) is 3.78. The summed E-state index contributed by atoms with van der Waals surface area (Å²) in [6, 6.07) is 9.36. The number of rotatable bonds is 6. The predicted octanol–water partition coefficient (Wildman–Crippen LogP) is 0.516. The molecule has 8 heteroatoms. The summed E-state index contributed by atoms with van der Waals surface area (Å²) in [5.74, 6) is -1.18. The van der Waals surface area contributed by atoms with Crippen LogP contribution < -0.4 is 16.4 Å². The fourth-order valence-electron chi connectivity index (χ4n) is 2.27. The van der Waals surface area contributed by atoms with E-state index in [1.54, 1.807) is 43.7 Å². The Morgan fingerprint density at radius 2 is 1.77 bits per heavy atom. The van der Waals surface area contributed by atoms with E-state index in [-0.39, 0.29) is 24.3 Å². The van der Waals surface area contributed by atoms with Crippen LogP contribution in [-0.4, -0.2) is 38.8 Å². The Morgan fingerprint density at radius 3 is 2.35 bits per heavy atom. The highest BCUT2D eigenvalue weighted by Crippen LogP contribution is 2.07. The third-order valence-corrected chi connectivity index (χ3v) is 3.78. The maximum Gasteiger partial charge on any atom is 0.274 e. The van der Waals surface area contributed by atoms with Crippen LogP contribution in [0.3, 0.4) is 0 Å². The lowest BCUT2D eigenvalue weighted by Crippen LogP contribution is -2.47. The normalized spacial score (nSPS) is 11.1. The first-order chi connectivity index (χ1) is 12.3. The van der Waals surface area contributed by atoms with Crippen molar-refractivity contribution in [1.29, 1.82) is 0 Å². The summed E-state index contributed by atoms with van der Waals surface area (Å²) < 4.78 is 1.38. The van der Waals surface area contributed by atoms with Gasteiger partial charge in [-0.1, -0.05) is 12.1 Å². The Hall–Kier alpha value is -2.97. The number of hydrogen-bond donors (Lipinski definition) is 4. The largest absolute Gasteiger partial charge is 0.394 e. The van der Waals surface area contributed by atoms with Gasteiger partial charge < -0.3 is 15.0 Å². The van der Waals surface area contributed by atoms with Crippen molar-refractivity contribution in [2.45, 2.75) is 25.9 Å². The minimum absolute atomic E-state index is 0.0229. The number of hydroxylamine groups is 1. The summed E-state index contributed by atoms with van der Waals surface area (Å²) in [6.45, 7) is 3.25. The Kier molecular flexibility index (Phi) is 5.91. The van der Waals surface area contributed by atoms with Crippen molar-refractivity contribution < 1.29 is 19.9 Å². The van der Waals surface area contributed by atoms with Gasteiger partial charge >= 0.3 is 0 Å². The molecule has 0 aliphatic carbocycles. The molecule has 0 spiro atoms. The van der Waals surface area contributed by atoms with Crippen LogP contribution in [0.25, 0.3) is 0 Å². The minimum Gasteiger partial charge on any atom is -0.394 e. The van der Waals surface area contributed by atoms with E-state index in [0.29, 0.717) is 0 Å². The summed E-state index contributed by atoms with van der Waals surface area (Å²) >= 11 is 0. The lowest BCUT2D eigenvalue weighted by molar-refractivity contribution is 0.0706. The maximum atomic E-state index is 12.6. The molecule has 0 saturated carbocycles. The van der Waals surface area contributed by atoms with Gasteiger partial charge in [-0.15, -0.1) is 0 Å². The van der Waals surface area contributed by atoms with Crippen LogP contribution >= 0.6 is 0 Å². The molecule has 2 amide bonds. The highest BCUT2D eigenvalue weighted by atomic mass is 16.5. The van der Waals surface area contributed by atoms with E-state index in [1.807, 2.05) is 0 Å². The fourth-order valence-corrected chi connectivity index (χ4v) is 2.27. The molecule has 138 valence electrons. The molecule has 0 atom stereocenters. The standard InChI is InChI=1S/C18H21N3O5/c1-18(2,11-22)19-16(24)14-4-3-9-21(17(14)25)10-12-5-7-13(8-6-12)15(23)20-26/h3-9,22,26H,10-11H2,1-2H3,(H,19,24)(H,20,23). The molecule has 0 fully saturated rings. The van der Waals surface area contributed by atoms with Crippen molar-refractivity contribution in [1.82, 2.24) is 15.4 Å². The molecule has 1 heterocycles. The number of benzene rings is 1. The topological polar surface area (TPSA) is 121 Å². The molecule has 2 aromatic rings. The van der Waals surface area contributed by atoms with Gasteiger partial charge in [-0.25, -0.2) is 5.48 Å². The molecule has 2 rings (SSSR count). The van der Waals surface area contributed by atoms with Gasteiger partial charge in [0.15, 0.2) is 0 Å². The quantitative estimate of drug-likeness (QED) is 0.443. The molecule has 4 N–H and O–H groups in total. The molecule has 8 nitrogen and oxygen atoms in total. The van der Waals surface area contributed by atoms with Crippen molar-refractivity contribution >= 4 is 11.8 Å². The number of pyridine rings is 1. The second-order valence-corrected chi connectivity index (χ2v) is 6.49. The minimum atomic E-state index is -0.840. The molecule has 0 aliphatic heterocycles. The molecule has 0 bridgehead atoms. The summed E-state index contributed by atoms with van der Waals surface area (Å²) in [7, 11) is 0. The van der Waals surface area contributed by atoms with E-state index in [9.17, 15) is 19.5 Å². The highest BCUT2D eigenvalue weighted by Gasteiger charge is 2.22. The molecule has 0 unspecified atom stereocenters. The number of hydrogen-bond acceptors (Lipinski definition) is 5. The Balaban J connectivity index is 2.23. The number of carbonyl (C=O) groups is 2. The number of carbonyl (C=O) groups excluding carboxylic acids is 2. The van der Waals surface area contributed by atoms with Gasteiger partial charge in [0.25, 0.3) is 17.4 Å². The van der Waals surface area contributed by atoms with E-state index in [1.165, 1.54) is 22.8 Å². The molecule has 0 aliphatic rings. The Bertz CT molecular complexity index is 856. The summed E-state index contributed by atoms with van der Waals surface area (Å²) in [6.07, 6.45) is 1.56. The van der Waals surface area contributed by atoms with Crippen molar-refractivity contribution in [2.75, 3.05) is 6.61 Å². The van der Waals surface area contributed by atoms with Gasteiger partial charge in [0.2, 0.25) is 0 Å². The van der Waals surface area contributed by atoms with E-state index in [0.717, 1.165) is 5.56 Å². The van der Waals surface area contributed by atoms with Crippen molar-refractivity contribution in [2.24, 2.45) is 0 Å². The highest BCUT2D eigenvalue weighted by molar-refractivity contribution is 5.94. The van der Waals surface area contributed by atoms with Crippen LogP contribution in [0, 0.1) is 0 Å². The number of nitrogens with zero attached hydrogens (tertiary/aromatic N) is 1. The lowest BCUT2D eigenvalue weighted by Gasteiger charge is -2.23. The zero-order valence-corrected chi connectivity index (χ0v) is 14.5. The number of aliphatic hydroxyl groups is 1. The van der Waals surface area contributed by atoms with Crippen LogP contribution in [-0.2, 0) is 6.54 Å². The van der Waals surface area contributed by atoms with Crippen LogP contribution in [0.5, 0.6) is 0 Å². The Labute approximate surface area is 150 Å². The zero-order valence-electron chi connectivity index (χ0n) is 14.5. The van der Waals surface area contributed by atoms with E-state index < -0.39 is 22.9 Å². The van der Waals surface area contributed by atoms with E-state index in [2.05, 4.69) is 5.32 Å². The van der Waals surface area contributed by atoms with Crippen molar-refractivity contribution in [3.63, 3.8) is 0 Å². The van der Waals surface area contributed by atoms with Gasteiger partial charge in [-0.2, -0.15) is 0 Å². The molecule has 0 radical (unpaired) electrons. The van der Waals surface area contributed by atoms with Crippen LogP contribution in [0.1, 0.15) is 40.1 Å². The predicted molar refractivity (Wildman–Crippen MR) is 94.1 cm³/mol. The average molecular weight is 359 g/mol. The SMILES string of the molecule is CC(C)(CO)NC(=O)c1cccn(Cc2ccc(C(=O)NO)cc2)c1=O. The molecular weight excluding hydrogens is 338 g/mol. The van der Waals surface area contributed by atoms with Gasteiger partial charge in [-0.3, -0.25) is 19.6 Å². The van der Waals surface area contributed by atoms with Crippen LogP contribution in [0.2, 0.25) is 0 Å². The van der Waals surface area contributed by atoms with Crippen molar-refractivity contribution in [3.8, 4) is 0 Å². The molecular formula is C18H21N3O5. The first-order valence-corrected chi connectivity index (χ1v) is 7.93. The van der Waals surface area contributed by atoms with Gasteiger partial charge in [-0.05, 0) is 43.7 Å². The average Bonchev–Trinajstić information content (AvgIpc) is 2.63. The maximum absolute atomic E-state index is 12.6. The van der Waals surface area contributed by atoms with Crippen LogP contribution in [0.15, 0.2) is 47.4 Å². The smallest absolute Gasteiger partial charge is 0.274 e. The Morgan fingerprint density at radius 1 is 1.12 bits per heavy atom. The van der Waals surface area contributed by atoms with Gasteiger partial charge in [0, 0.05) is 11.8 Å². The van der Waals surface area contributed by atoms with E-state index in [4.69, 9.17) is 5.21 Å². The monoisotopic (exact) mass is 359 g/mol. The second kappa shape index (κ2) is 7.94. The number of amides is 2. The number of aromatic nitrogens is 1. The second-order valence-electron chi connectivity index (χ2n) is 6.49. The first-order valence-electron chi connectivity index (χ1n) is 7.93. The molecule has 0 saturated heterocycles. The molecule has 26 heavy (non-hydrogen) atoms. The van der Waals surface area contributed by atoms with Gasteiger partial charge in [0.1, 0.15) is 5.56 Å². The number of aliphatic hydroxyl groups excluding tert-OH is 1. The lowest BCUT2D eigenvalue weighted by atomic mass is 10.1. The van der Waals surface area contributed by atoms with Crippen LogP contribution in [0.4, 0.5) is 0 Å². The molecule has 1 aromatic heterocycles.